The first-order valence-corrected chi connectivity index (χ1v) is 15.7. The second kappa shape index (κ2) is 11.2. The number of para-hydroxylation sites is 1. The van der Waals surface area contributed by atoms with Crippen LogP contribution in [0.4, 0.5) is 5.69 Å². The lowest BCUT2D eigenvalue weighted by atomic mass is 9.75. The molecule has 3 aromatic carbocycles. The largest absolute Gasteiger partial charge is 0.491 e. The van der Waals surface area contributed by atoms with Gasteiger partial charge in [-0.3, -0.25) is 9.59 Å². The Morgan fingerprint density at radius 2 is 1.66 bits per heavy atom. The number of carboxylic acids is 1. The fourth-order valence-corrected chi connectivity index (χ4v) is 7.36. The lowest BCUT2D eigenvalue weighted by molar-refractivity contribution is -0.127. The summed E-state index contributed by atoms with van der Waals surface area (Å²) in [5, 5.41) is 13.5. The predicted octanol–water partition coefficient (Wildman–Crippen LogP) is 6.76. The maximum Gasteiger partial charge on any atom is 0.335 e. The lowest BCUT2D eigenvalue weighted by Gasteiger charge is -2.43. The van der Waals surface area contributed by atoms with Crippen molar-refractivity contribution in [2.75, 3.05) is 18.6 Å². The van der Waals surface area contributed by atoms with Gasteiger partial charge in [0.25, 0.3) is 11.8 Å². The van der Waals surface area contributed by atoms with E-state index in [1.807, 2.05) is 24.3 Å². The van der Waals surface area contributed by atoms with Gasteiger partial charge in [-0.25, -0.2) is 4.79 Å². The average Bonchev–Trinajstić information content (AvgIpc) is 3.23. The van der Waals surface area contributed by atoms with E-state index in [-0.39, 0.29) is 17.4 Å². The molecule has 2 saturated carbocycles. The number of ether oxygens (including phenoxy) is 1. The number of carbonyl (C=O) groups is 3. The van der Waals surface area contributed by atoms with Crippen molar-refractivity contribution in [3.05, 3.63) is 83.4 Å². The van der Waals surface area contributed by atoms with Gasteiger partial charge in [0.15, 0.2) is 0 Å². The van der Waals surface area contributed by atoms with Gasteiger partial charge in [0, 0.05) is 34.8 Å². The van der Waals surface area contributed by atoms with Gasteiger partial charge >= 0.3 is 5.97 Å². The van der Waals surface area contributed by atoms with Crippen LogP contribution in [0.3, 0.4) is 0 Å². The van der Waals surface area contributed by atoms with Crippen molar-refractivity contribution in [2.24, 2.45) is 0 Å². The van der Waals surface area contributed by atoms with Crippen LogP contribution in [0.5, 0.6) is 5.75 Å². The Morgan fingerprint density at radius 1 is 0.932 bits per heavy atom. The zero-order valence-electron chi connectivity index (χ0n) is 25.0. The van der Waals surface area contributed by atoms with Crippen molar-refractivity contribution in [1.82, 2.24) is 9.88 Å². The van der Waals surface area contributed by atoms with Crippen LogP contribution in [-0.4, -0.2) is 46.7 Å². The molecule has 2 fully saturated rings. The summed E-state index contributed by atoms with van der Waals surface area (Å²) < 4.78 is 8.51. The van der Waals surface area contributed by atoms with Gasteiger partial charge in [-0.1, -0.05) is 37.5 Å². The smallest absolute Gasteiger partial charge is 0.335 e. The van der Waals surface area contributed by atoms with Gasteiger partial charge in [0.2, 0.25) is 0 Å². The molecule has 2 amide bonds. The number of fused-ring (bicyclic) bond motifs is 5. The number of nitrogens with zero attached hydrogens (tertiary/aromatic N) is 2. The van der Waals surface area contributed by atoms with Crippen LogP contribution >= 0.6 is 0 Å². The van der Waals surface area contributed by atoms with Crippen LogP contribution in [0.25, 0.3) is 22.2 Å². The minimum Gasteiger partial charge on any atom is -0.491 e. The van der Waals surface area contributed by atoms with E-state index in [1.54, 1.807) is 19.2 Å². The van der Waals surface area contributed by atoms with Gasteiger partial charge in [-0.15, -0.1) is 0 Å². The first kappa shape index (κ1) is 28.2. The third-order valence-corrected chi connectivity index (χ3v) is 9.87. The van der Waals surface area contributed by atoms with Crippen molar-refractivity contribution < 1.29 is 24.2 Å². The van der Waals surface area contributed by atoms with Crippen molar-refractivity contribution in [3.8, 4) is 17.0 Å². The zero-order valence-corrected chi connectivity index (χ0v) is 25.0. The van der Waals surface area contributed by atoms with Gasteiger partial charge in [-0.05, 0) is 92.1 Å². The third-order valence-electron chi connectivity index (χ3n) is 9.87. The SMILES string of the molecule is CN(C(=O)C1(NC(=O)c2ccc3c(C4CCCCC4)c4n(c3c2)CCOc2ccccc2-4)CCC1)c1ccc(C(=O)O)cc1. The number of likely N-dealkylation sites (N-methyl/N-ethyl adjacent to an activating group) is 1. The topological polar surface area (TPSA) is 101 Å². The van der Waals surface area contributed by atoms with E-state index in [9.17, 15) is 19.5 Å². The molecule has 44 heavy (non-hydrogen) atoms. The van der Waals surface area contributed by atoms with E-state index < -0.39 is 11.5 Å². The van der Waals surface area contributed by atoms with Crippen molar-refractivity contribution in [3.63, 3.8) is 0 Å². The summed E-state index contributed by atoms with van der Waals surface area (Å²) in [6, 6.07) is 20.4. The average molecular weight is 592 g/mol. The molecule has 1 aromatic heterocycles. The fraction of sp³-hybridized carbons (Fsp3) is 0.361. The maximum absolute atomic E-state index is 13.8. The highest BCUT2D eigenvalue weighted by molar-refractivity contribution is 6.07. The van der Waals surface area contributed by atoms with E-state index in [2.05, 4.69) is 28.1 Å². The summed E-state index contributed by atoms with van der Waals surface area (Å²) in [6.45, 7) is 1.23. The first-order chi connectivity index (χ1) is 21.4. The number of carbonyl (C=O) groups excluding carboxylic acids is 2. The molecular formula is C36H37N3O5. The number of aromatic carboxylic acids is 1. The minimum atomic E-state index is -1.02. The summed E-state index contributed by atoms with van der Waals surface area (Å²) in [6.07, 6.45) is 8.00. The van der Waals surface area contributed by atoms with Crippen molar-refractivity contribution in [2.45, 2.75) is 69.4 Å². The number of benzene rings is 3. The number of rotatable bonds is 6. The number of anilines is 1. The zero-order chi connectivity index (χ0) is 30.4. The van der Waals surface area contributed by atoms with Gasteiger partial charge in [0.05, 0.1) is 17.8 Å². The highest BCUT2D eigenvalue weighted by Crippen LogP contribution is 2.47. The number of carboxylic acid groups (broad SMARTS) is 1. The molecule has 0 bridgehead atoms. The predicted molar refractivity (Wildman–Crippen MR) is 170 cm³/mol. The van der Waals surface area contributed by atoms with E-state index in [0.29, 0.717) is 43.2 Å². The molecule has 226 valence electrons. The molecule has 0 atom stereocenters. The maximum atomic E-state index is 13.8. The molecule has 8 heteroatoms. The Balaban J connectivity index is 1.23. The summed E-state index contributed by atoms with van der Waals surface area (Å²) in [5.74, 6) is -0.131. The molecule has 8 nitrogen and oxygen atoms in total. The molecule has 7 rings (SSSR count). The quantitative estimate of drug-likeness (QED) is 0.258. The standard InChI is InChI=1S/C36H37N3O5/c1-38(26-15-12-24(13-16-26)34(41)42)35(43)36(18-7-19-36)37-33(40)25-14-17-27-29(22-25)39-20-21-44-30-11-6-5-10-28(30)32(39)31(27)23-8-3-2-4-9-23/h5-6,10-17,22-23H,2-4,7-9,18-21H2,1H3,(H,37,40)(H,41,42). The van der Waals surface area contributed by atoms with Crippen LogP contribution in [0.2, 0.25) is 0 Å². The van der Waals surface area contributed by atoms with Crippen LogP contribution < -0.4 is 15.0 Å². The molecular weight excluding hydrogens is 554 g/mol. The van der Waals surface area contributed by atoms with E-state index in [0.717, 1.165) is 36.1 Å². The summed E-state index contributed by atoms with van der Waals surface area (Å²) >= 11 is 0. The molecule has 2 heterocycles. The number of aromatic nitrogens is 1. The second-order valence-corrected chi connectivity index (χ2v) is 12.4. The molecule has 0 saturated heterocycles. The number of amides is 2. The molecule has 0 spiro atoms. The lowest BCUT2D eigenvalue weighted by Crippen LogP contribution is -2.63. The molecule has 2 aliphatic carbocycles. The molecule has 3 aliphatic rings. The van der Waals surface area contributed by atoms with Gasteiger partial charge in [0.1, 0.15) is 17.9 Å². The Kier molecular flexibility index (Phi) is 7.15. The Bertz CT molecular complexity index is 1760. The Morgan fingerprint density at radius 3 is 2.36 bits per heavy atom. The number of nitrogens with one attached hydrogen (secondary N) is 1. The molecule has 1 aliphatic heterocycles. The third kappa shape index (κ3) is 4.73. The van der Waals surface area contributed by atoms with E-state index in [4.69, 9.17) is 4.74 Å². The monoisotopic (exact) mass is 591 g/mol. The Labute approximate surface area is 256 Å². The number of hydrogen-bond donors (Lipinski definition) is 2. The van der Waals surface area contributed by atoms with Crippen LogP contribution in [0.15, 0.2) is 66.7 Å². The van der Waals surface area contributed by atoms with Gasteiger partial charge < -0.3 is 24.6 Å². The molecule has 2 N–H and O–H groups in total. The molecule has 4 aromatic rings. The highest BCUT2D eigenvalue weighted by Gasteiger charge is 2.47. The summed E-state index contributed by atoms with van der Waals surface area (Å²) in [7, 11) is 1.67. The van der Waals surface area contributed by atoms with Crippen molar-refractivity contribution in [1.29, 1.82) is 0 Å². The van der Waals surface area contributed by atoms with Crippen LogP contribution in [-0.2, 0) is 11.3 Å². The van der Waals surface area contributed by atoms with Crippen molar-refractivity contribution >= 4 is 34.4 Å². The minimum absolute atomic E-state index is 0.154. The van der Waals surface area contributed by atoms with E-state index in [1.165, 1.54) is 52.9 Å². The van der Waals surface area contributed by atoms with E-state index >= 15 is 0 Å². The summed E-state index contributed by atoms with van der Waals surface area (Å²) in [4.78, 5) is 40.4. The number of hydrogen-bond acceptors (Lipinski definition) is 4. The first-order valence-electron chi connectivity index (χ1n) is 15.7. The second-order valence-electron chi connectivity index (χ2n) is 12.4. The molecule has 0 radical (unpaired) electrons. The summed E-state index contributed by atoms with van der Waals surface area (Å²) in [5.41, 5.74) is 4.97. The Hall–Kier alpha value is -4.59. The van der Waals surface area contributed by atoms with Crippen LogP contribution in [0, 0.1) is 0 Å². The van der Waals surface area contributed by atoms with Crippen LogP contribution in [0.1, 0.15) is 83.6 Å². The highest BCUT2D eigenvalue weighted by atomic mass is 16.5. The molecule has 0 unspecified atom stereocenters. The normalized spacial score (nSPS) is 17.4. The fourth-order valence-electron chi connectivity index (χ4n) is 7.36. The van der Waals surface area contributed by atoms with Gasteiger partial charge in [-0.2, -0.15) is 0 Å².